The van der Waals surface area contributed by atoms with Crippen LogP contribution in [-0.2, 0) is 0 Å². The standard InChI is InChI=1S/C13H20N2S/c1-4-12(15-13(16)14-5-2)11-8-6-10(3)7-9-11/h6-9,12H,4-5H2,1-3H3,(H2,14,15,16). The van der Waals surface area contributed by atoms with Gasteiger partial charge in [-0.3, -0.25) is 0 Å². The van der Waals surface area contributed by atoms with E-state index in [-0.39, 0.29) is 0 Å². The fraction of sp³-hybridized carbons (Fsp3) is 0.462. The zero-order valence-corrected chi connectivity index (χ0v) is 11.0. The molecule has 0 spiro atoms. The second-order valence-electron chi connectivity index (χ2n) is 3.88. The molecule has 0 bridgehead atoms. The Labute approximate surface area is 103 Å². The van der Waals surface area contributed by atoms with Crippen molar-refractivity contribution in [2.45, 2.75) is 33.2 Å². The smallest absolute Gasteiger partial charge is 0.166 e. The Morgan fingerprint density at radius 3 is 2.38 bits per heavy atom. The first-order valence-electron chi connectivity index (χ1n) is 5.78. The van der Waals surface area contributed by atoms with Gasteiger partial charge >= 0.3 is 0 Å². The molecule has 2 nitrogen and oxygen atoms in total. The molecule has 0 saturated carbocycles. The molecule has 3 heteroatoms. The Balaban J connectivity index is 2.67. The minimum Gasteiger partial charge on any atom is -0.363 e. The lowest BCUT2D eigenvalue weighted by molar-refractivity contribution is 0.618. The lowest BCUT2D eigenvalue weighted by Crippen LogP contribution is -2.37. The molecule has 1 aromatic rings. The van der Waals surface area contributed by atoms with Gasteiger partial charge in [-0.15, -0.1) is 0 Å². The van der Waals surface area contributed by atoms with E-state index in [2.05, 4.69) is 48.7 Å². The van der Waals surface area contributed by atoms with E-state index < -0.39 is 0 Å². The van der Waals surface area contributed by atoms with Crippen LogP contribution in [0.25, 0.3) is 0 Å². The molecule has 0 aromatic heterocycles. The highest BCUT2D eigenvalue weighted by molar-refractivity contribution is 7.80. The quantitative estimate of drug-likeness (QED) is 0.786. The summed E-state index contributed by atoms with van der Waals surface area (Å²) in [5.74, 6) is 0. The van der Waals surface area contributed by atoms with Crippen molar-refractivity contribution >= 4 is 17.3 Å². The van der Waals surface area contributed by atoms with Gasteiger partial charge in [0.2, 0.25) is 0 Å². The highest BCUT2D eigenvalue weighted by Crippen LogP contribution is 2.16. The third kappa shape index (κ3) is 3.81. The average molecular weight is 236 g/mol. The molecule has 16 heavy (non-hydrogen) atoms. The van der Waals surface area contributed by atoms with E-state index in [1.165, 1.54) is 11.1 Å². The molecule has 0 amide bonds. The summed E-state index contributed by atoms with van der Waals surface area (Å²) in [5, 5.41) is 7.17. The predicted octanol–water partition coefficient (Wildman–Crippen LogP) is 2.93. The van der Waals surface area contributed by atoms with E-state index >= 15 is 0 Å². The molecule has 1 aromatic carbocycles. The van der Waals surface area contributed by atoms with Crippen molar-refractivity contribution in [3.05, 3.63) is 35.4 Å². The maximum atomic E-state index is 5.20. The van der Waals surface area contributed by atoms with Gasteiger partial charge in [0.05, 0.1) is 6.04 Å². The first kappa shape index (κ1) is 13.0. The van der Waals surface area contributed by atoms with Crippen LogP contribution >= 0.6 is 12.2 Å². The third-order valence-electron chi connectivity index (χ3n) is 2.53. The average Bonchev–Trinajstić information content (AvgIpc) is 2.27. The monoisotopic (exact) mass is 236 g/mol. The van der Waals surface area contributed by atoms with E-state index in [4.69, 9.17) is 12.2 Å². The van der Waals surface area contributed by atoms with Crippen LogP contribution in [-0.4, -0.2) is 11.7 Å². The van der Waals surface area contributed by atoms with Crippen molar-refractivity contribution in [3.63, 3.8) is 0 Å². The van der Waals surface area contributed by atoms with Crippen molar-refractivity contribution in [3.8, 4) is 0 Å². The summed E-state index contributed by atoms with van der Waals surface area (Å²) in [6, 6.07) is 8.88. The van der Waals surface area contributed by atoms with Crippen LogP contribution in [0.15, 0.2) is 24.3 Å². The molecule has 1 rings (SSSR count). The molecule has 88 valence electrons. The molecule has 0 aliphatic heterocycles. The van der Waals surface area contributed by atoms with E-state index in [9.17, 15) is 0 Å². The first-order chi connectivity index (χ1) is 7.67. The fourth-order valence-corrected chi connectivity index (χ4v) is 1.88. The van der Waals surface area contributed by atoms with E-state index in [0.29, 0.717) is 6.04 Å². The Kier molecular flexibility index (Phi) is 5.26. The van der Waals surface area contributed by atoms with Gasteiger partial charge in [-0.2, -0.15) is 0 Å². The summed E-state index contributed by atoms with van der Waals surface area (Å²) >= 11 is 5.20. The third-order valence-corrected chi connectivity index (χ3v) is 2.79. The summed E-state index contributed by atoms with van der Waals surface area (Å²) in [6.07, 6.45) is 1.02. The number of rotatable bonds is 4. The first-order valence-corrected chi connectivity index (χ1v) is 6.19. The van der Waals surface area contributed by atoms with E-state index in [1.54, 1.807) is 0 Å². The normalized spacial score (nSPS) is 11.9. The molecule has 0 radical (unpaired) electrons. The minimum atomic E-state index is 0.298. The second-order valence-corrected chi connectivity index (χ2v) is 4.28. The number of aryl methyl sites for hydroxylation is 1. The van der Waals surface area contributed by atoms with E-state index in [1.807, 2.05) is 6.92 Å². The summed E-state index contributed by atoms with van der Waals surface area (Å²) in [5.41, 5.74) is 2.57. The molecular weight excluding hydrogens is 216 g/mol. The summed E-state index contributed by atoms with van der Waals surface area (Å²) in [4.78, 5) is 0. The van der Waals surface area contributed by atoms with Crippen LogP contribution in [0, 0.1) is 6.92 Å². The van der Waals surface area contributed by atoms with Gasteiger partial charge in [-0.05, 0) is 38.0 Å². The molecule has 0 heterocycles. The molecule has 0 aliphatic carbocycles. The lowest BCUT2D eigenvalue weighted by atomic mass is 10.0. The number of hydrogen-bond acceptors (Lipinski definition) is 1. The molecule has 0 saturated heterocycles. The minimum absolute atomic E-state index is 0.298. The topological polar surface area (TPSA) is 24.1 Å². The van der Waals surface area contributed by atoms with Gasteiger partial charge in [0.15, 0.2) is 5.11 Å². The van der Waals surface area contributed by atoms with Crippen molar-refractivity contribution < 1.29 is 0 Å². The summed E-state index contributed by atoms with van der Waals surface area (Å²) in [6.45, 7) is 7.16. The van der Waals surface area contributed by atoms with Gasteiger partial charge in [-0.1, -0.05) is 36.8 Å². The number of hydrogen-bond donors (Lipinski definition) is 2. The van der Waals surface area contributed by atoms with Gasteiger partial charge in [-0.25, -0.2) is 0 Å². The highest BCUT2D eigenvalue weighted by atomic mass is 32.1. The Bertz CT molecular complexity index is 332. The fourth-order valence-electron chi connectivity index (χ4n) is 1.59. The van der Waals surface area contributed by atoms with Crippen LogP contribution in [0.5, 0.6) is 0 Å². The molecular formula is C13H20N2S. The second kappa shape index (κ2) is 6.48. The van der Waals surface area contributed by atoms with Crippen molar-refractivity contribution in [1.29, 1.82) is 0 Å². The van der Waals surface area contributed by atoms with Crippen LogP contribution in [0.4, 0.5) is 0 Å². The maximum absolute atomic E-state index is 5.20. The Morgan fingerprint density at radius 1 is 1.25 bits per heavy atom. The Hall–Kier alpha value is -1.09. The predicted molar refractivity (Wildman–Crippen MR) is 73.6 cm³/mol. The summed E-state index contributed by atoms with van der Waals surface area (Å²) < 4.78 is 0. The van der Waals surface area contributed by atoms with Crippen LogP contribution in [0.2, 0.25) is 0 Å². The number of nitrogens with one attached hydrogen (secondary N) is 2. The van der Waals surface area contributed by atoms with Crippen LogP contribution in [0.1, 0.15) is 37.4 Å². The molecule has 0 fully saturated rings. The van der Waals surface area contributed by atoms with Crippen molar-refractivity contribution in [1.82, 2.24) is 10.6 Å². The number of benzene rings is 1. The largest absolute Gasteiger partial charge is 0.363 e. The van der Waals surface area contributed by atoms with Crippen LogP contribution in [0.3, 0.4) is 0 Å². The molecule has 0 aliphatic rings. The van der Waals surface area contributed by atoms with Gasteiger partial charge in [0.25, 0.3) is 0 Å². The maximum Gasteiger partial charge on any atom is 0.166 e. The number of thiocarbonyl (C=S) groups is 1. The van der Waals surface area contributed by atoms with Gasteiger partial charge in [0.1, 0.15) is 0 Å². The Morgan fingerprint density at radius 2 is 1.88 bits per heavy atom. The summed E-state index contributed by atoms with van der Waals surface area (Å²) in [7, 11) is 0. The van der Waals surface area contributed by atoms with Gasteiger partial charge < -0.3 is 10.6 Å². The molecule has 1 unspecified atom stereocenters. The highest BCUT2D eigenvalue weighted by Gasteiger charge is 2.09. The van der Waals surface area contributed by atoms with Crippen molar-refractivity contribution in [2.24, 2.45) is 0 Å². The SMILES string of the molecule is CCNC(=S)NC(CC)c1ccc(C)cc1. The molecule has 1 atom stereocenters. The lowest BCUT2D eigenvalue weighted by Gasteiger charge is -2.19. The van der Waals surface area contributed by atoms with E-state index in [0.717, 1.165) is 18.1 Å². The van der Waals surface area contributed by atoms with Crippen LogP contribution < -0.4 is 10.6 Å². The van der Waals surface area contributed by atoms with Gasteiger partial charge in [0, 0.05) is 6.54 Å². The zero-order chi connectivity index (χ0) is 12.0. The zero-order valence-electron chi connectivity index (χ0n) is 10.2. The molecule has 2 N–H and O–H groups in total. The van der Waals surface area contributed by atoms with Crippen molar-refractivity contribution in [2.75, 3.05) is 6.54 Å².